The second-order valence-corrected chi connectivity index (χ2v) is 14.7. The highest BCUT2D eigenvalue weighted by Gasteiger charge is 2.35. The van der Waals surface area contributed by atoms with Crippen molar-refractivity contribution in [2.24, 2.45) is 5.92 Å². The first-order valence-corrected chi connectivity index (χ1v) is 16.8. The van der Waals surface area contributed by atoms with Crippen molar-refractivity contribution in [1.82, 2.24) is 14.8 Å². The van der Waals surface area contributed by atoms with Gasteiger partial charge in [0.1, 0.15) is 11.8 Å². The number of piperidine rings is 1. The van der Waals surface area contributed by atoms with Crippen LogP contribution in [-0.4, -0.2) is 51.2 Å². The zero-order valence-electron chi connectivity index (χ0n) is 27.5. The molecule has 2 atom stereocenters. The lowest BCUT2D eigenvalue weighted by Crippen LogP contribution is -2.42. The average Bonchev–Trinajstić information content (AvgIpc) is 3.32. The molecule has 0 aliphatic carbocycles. The molecule has 238 valence electrons. The second kappa shape index (κ2) is 13.7. The van der Waals surface area contributed by atoms with E-state index in [9.17, 15) is 9.90 Å². The number of hydrogen-bond donors (Lipinski definition) is 1. The van der Waals surface area contributed by atoms with Crippen molar-refractivity contribution in [2.75, 3.05) is 19.6 Å². The van der Waals surface area contributed by atoms with Crippen LogP contribution in [0.25, 0.3) is 0 Å². The van der Waals surface area contributed by atoms with Gasteiger partial charge in [0.2, 0.25) is 0 Å². The van der Waals surface area contributed by atoms with E-state index < -0.39 is 11.8 Å². The molecule has 3 aromatic rings. The van der Waals surface area contributed by atoms with E-state index in [1.807, 2.05) is 62.1 Å². The minimum atomic E-state index is -0.649. The molecule has 2 aliphatic heterocycles. The summed E-state index contributed by atoms with van der Waals surface area (Å²) in [7, 11) is 0. The maximum absolute atomic E-state index is 12.6. The third-order valence-electron chi connectivity index (χ3n) is 9.12. The van der Waals surface area contributed by atoms with Gasteiger partial charge in [-0.3, -0.25) is 9.88 Å². The summed E-state index contributed by atoms with van der Waals surface area (Å²) in [4.78, 5) is 24.2. The first-order chi connectivity index (χ1) is 20.9. The van der Waals surface area contributed by atoms with Crippen molar-refractivity contribution < 1.29 is 19.4 Å². The van der Waals surface area contributed by atoms with Crippen LogP contribution < -0.4 is 0 Å². The molecule has 0 saturated carbocycles. The second-order valence-electron chi connectivity index (χ2n) is 13.6. The molecule has 5 rings (SSSR count). The molecular weight excluding hydrogens is 570 g/mol. The molecular formula is C36H49N3O4S. The summed E-state index contributed by atoms with van der Waals surface area (Å²) in [6.07, 6.45) is 2.00. The van der Waals surface area contributed by atoms with Gasteiger partial charge in [0.25, 0.3) is 0 Å². The van der Waals surface area contributed by atoms with E-state index in [2.05, 4.69) is 43.9 Å². The molecule has 1 unspecified atom stereocenters. The zero-order valence-corrected chi connectivity index (χ0v) is 28.3. The fourth-order valence-corrected chi connectivity index (χ4v) is 8.19. The number of likely N-dealkylation sites (tertiary alicyclic amines) is 1. The first-order valence-electron chi connectivity index (χ1n) is 16.0. The summed E-state index contributed by atoms with van der Waals surface area (Å²) >= 11 is 1.88. The van der Waals surface area contributed by atoms with Gasteiger partial charge in [-0.2, -0.15) is 0 Å². The molecule has 0 bridgehead atoms. The number of amides is 1. The van der Waals surface area contributed by atoms with E-state index >= 15 is 0 Å². The maximum atomic E-state index is 12.6. The number of benzene rings is 1. The van der Waals surface area contributed by atoms with Crippen molar-refractivity contribution in [1.29, 1.82) is 0 Å². The molecule has 4 heterocycles. The van der Waals surface area contributed by atoms with Gasteiger partial charge >= 0.3 is 6.09 Å². The third-order valence-corrected chi connectivity index (χ3v) is 10.7. The smallest absolute Gasteiger partial charge is 0.410 e. The number of ether oxygens (including phenoxy) is 2. The van der Waals surface area contributed by atoms with E-state index in [1.54, 1.807) is 0 Å². The van der Waals surface area contributed by atoms with Gasteiger partial charge in [0, 0.05) is 47.2 Å². The lowest BCUT2D eigenvalue weighted by molar-refractivity contribution is -0.0126. The number of carbonyl (C=O) groups is 1. The molecule has 2 aliphatic rings. The molecule has 2 aromatic heterocycles. The minimum absolute atomic E-state index is 0.209. The SMILES string of the molecule is Cc1cc(C)c(CN2CCc3sc([C@H](C)C4CCN(C(=O)OC(C)(C)C)CC4)c(C)c3C2O)c(COCc2ccccc2)n1. The van der Waals surface area contributed by atoms with Crippen LogP contribution in [-0.2, 0) is 35.7 Å². The number of aliphatic hydroxyl groups is 1. The predicted molar refractivity (Wildman–Crippen MR) is 176 cm³/mol. The van der Waals surface area contributed by atoms with Crippen LogP contribution in [0.5, 0.6) is 0 Å². The molecule has 0 radical (unpaired) electrons. The van der Waals surface area contributed by atoms with Gasteiger partial charge in [0.05, 0.1) is 18.9 Å². The molecule has 0 spiro atoms. The Morgan fingerprint density at radius 1 is 1.09 bits per heavy atom. The van der Waals surface area contributed by atoms with Crippen LogP contribution >= 0.6 is 11.3 Å². The average molecular weight is 620 g/mol. The van der Waals surface area contributed by atoms with Crippen molar-refractivity contribution in [3.8, 4) is 0 Å². The molecule has 7 nitrogen and oxygen atoms in total. The Bertz CT molecular complexity index is 1440. The topological polar surface area (TPSA) is 75.1 Å². The van der Waals surface area contributed by atoms with Crippen molar-refractivity contribution in [3.63, 3.8) is 0 Å². The standard InChI is InChI=1S/C36H49N3O4S/c1-23-19-24(2)37-30(22-42-21-27-11-9-8-10-12-27)29(23)20-39-18-15-31-32(34(39)40)26(4)33(44-31)25(3)28-13-16-38(17-14-28)35(41)43-36(5,6)7/h8-12,19,25,28,34,40H,13-18,20-22H2,1-7H3/t25-,34?/m1/s1. The van der Waals surface area contributed by atoms with Crippen LogP contribution in [0.1, 0.15) is 102 Å². The van der Waals surface area contributed by atoms with Crippen molar-refractivity contribution in [2.45, 2.75) is 105 Å². The summed E-state index contributed by atoms with van der Waals surface area (Å²) in [6, 6.07) is 12.3. The minimum Gasteiger partial charge on any atom is -0.444 e. The van der Waals surface area contributed by atoms with Crippen molar-refractivity contribution in [3.05, 3.63) is 85.4 Å². The molecule has 1 amide bonds. The molecule has 1 aromatic carbocycles. The number of aryl methyl sites for hydroxylation is 2. The van der Waals surface area contributed by atoms with E-state index in [0.29, 0.717) is 31.6 Å². The van der Waals surface area contributed by atoms with Crippen LogP contribution in [0.4, 0.5) is 4.79 Å². The summed E-state index contributed by atoms with van der Waals surface area (Å²) in [6.45, 7) is 18.3. The zero-order chi connectivity index (χ0) is 31.6. The Morgan fingerprint density at radius 2 is 1.80 bits per heavy atom. The molecule has 8 heteroatoms. The van der Waals surface area contributed by atoms with Gasteiger partial charge in [-0.1, -0.05) is 37.3 Å². The van der Waals surface area contributed by atoms with E-state index in [4.69, 9.17) is 14.5 Å². The number of aromatic nitrogens is 1. The van der Waals surface area contributed by atoms with Crippen molar-refractivity contribution >= 4 is 17.4 Å². The Balaban J connectivity index is 1.26. The molecule has 1 fully saturated rings. The normalized spacial score (nSPS) is 18.7. The first kappa shape index (κ1) is 32.6. The number of nitrogens with zero attached hydrogens (tertiary/aromatic N) is 3. The Morgan fingerprint density at radius 3 is 2.48 bits per heavy atom. The van der Waals surface area contributed by atoms with E-state index in [-0.39, 0.29) is 6.09 Å². The summed E-state index contributed by atoms with van der Waals surface area (Å²) in [5, 5.41) is 11.7. The quantitative estimate of drug-likeness (QED) is 0.280. The van der Waals surface area contributed by atoms with E-state index in [1.165, 1.54) is 20.9 Å². The third kappa shape index (κ3) is 7.53. The Hall–Kier alpha value is -2.78. The summed E-state index contributed by atoms with van der Waals surface area (Å²) in [5.41, 5.74) is 7.25. The number of thiophene rings is 1. The molecule has 1 saturated heterocycles. The monoisotopic (exact) mass is 619 g/mol. The van der Waals surface area contributed by atoms with Gasteiger partial charge in [-0.25, -0.2) is 4.79 Å². The van der Waals surface area contributed by atoms with Crippen LogP contribution in [0.15, 0.2) is 36.4 Å². The largest absolute Gasteiger partial charge is 0.444 e. The number of pyridine rings is 1. The van der Waals surface area contributed by atoms with Crippen LogP contribution in [0.3, 0.4) is 0 Å². The number of aliphatic hydroxyl groups excluding tert-OH is 1. The number of rotatable bonds is 8. The number of carbonyl (C=O) groups excluding carboxylic acids is 1. The number of fused-ring (bicyclic) bond motifs is 1. The van der Waals surface area contributed by atoms with Crippen LogP contribution in [0.2, 0.25) is 0 Å². The summed E-state index contributed by atoms with van der Waals surface area (Å²) in [5.74, 6) is 0.879. The van der Waals surface area contributed by atoms with Gasteiger partial charge in [-0.15, -0.1) is 11.3 Å². The highest BCUT2D eigenvalue weighted by Crippen LogP contribution is 2.45. The summed E-state index contributed by atoms with van der Waals surface area (Å²) < 4.78 is 11.7. The highest BCUT2D eigenvalue weighted by molar-refractivity contribution is 7.12. The van der Waals surface area contributed by atoms with E-state index in [0.717, 1.165) is 67.0 Å². The van der Waals surface area contributed by atoms with Crippen LogP contribution in [0, 0.1) is 26.7 Å². The highest BCUT2D eigenvalue weighted by atomic mass is 32.1. The molecule has 1 N–H and O–H groups in total. The fourth-order valence-electron chi connectivity index (χ4n) is 6.72. The lowest BCUT2D eigenvalue weighted by Gasteiger charge is -2.36. The Labute approximate surface area is 267 Å². The Kier molecular flexibility index (Phi) is 10.1. The number of hydrogen-bond acceptors (Lipinski definition) is 7. The van der Waals surface area contributed by atoms with Gasteiger partial charge in [0.15, 0.2) is 0 Å². The lowest BCUT2D eigenvalue weighted by atomic mass is 9.83. The van der Waals surface area contributed by atoms with Gasteiger partial charge in [-0.05, 0) is 101 Å². The van der Waals surface area contributed by atoms with Gasteiger partial charge < -0.3 is 19.5 Å². The maximum Gasteiger partial charge on any atom is 0.410 e. The fraction of sp³-hybridized carbons (Fsp3) is 0.556. The predicted octanol–water partition coefficient (Wildman–Crippen LogP) is 7.58. The molecule has 44 heavy (non-hydrogen) atoms.